The van der Waals surface area contributed by atoms with Crippen molar-refractivity contribution in [2.45, 2.75) is 13.5 Å². The molecule has 0 radical (unpaired) electrons. The van der Waals surface area contributed by atoms with Gasteiger partial charge in [-0.2, -0.15) is 5.10 Å². The summed E-state index contributed by atoms with van der Waals surface area (Å²) in [5, 5.41) is 4.41. The van der Waals surface area contributed by atoms with E-state index in [1.165, 1.54) is 5.56 Å². The largest absolute Gasteiger partial charge is 0.354 e. The average molecular weight is 271 g/mol. The van der Waals surface area contributed by atoms with Crippen molar-refractivity contribution >= 4 is 5.82 Å². The second kappa shape index (κ2) is 5.63. The number of aromatic nitrogens is 3. The second-order valence-corrected chi connectivity index (χ2v) is 5.36. The van der Waals surface area contributed by atoms with Crippen LogP contribution in [-0.4, -0.2) is 45.8 Å². The van der Waals surface area contributed by atoms with E-state index in [9.17, 15) is 0 Å². The van der Waals surface area contributed by atoms with Crippen molar-refractivity contribution in [2.75, 3.05) is 31.1 Å². The minimum absolute atomic E-state index is 0.996. The molecule has 1 saturated heterocycles. The van der Waals surface area contributed by atoms with Gasteiger partial charge in [0, 0.05) is 57.7 Å². The van der Waals surface area contributed by atoms with Gasteiger partial charge in [-0.25, -0.2) is 4.98 Å². The van der Waals surface area contributed by atoms with Crippen LogP contribution >= 0.6 is 0 Å². The van der Waals surface area contributed by atoms with Gasteiger partial charge in [0.15, 0.2) is 0 Å². The molecule has 2 aromatic heterocycles. The van der Waals surface area contributed by atoms with E-state index in [1.54, 1.807) is 0 Å². The molecule has 3 rings (SSSR count). The third-order valence-electron chi connectivity index (χ3n) is 3.85. The zero-order chi connectivity index (χ0) is 13.9. The SMILES string of the molecule is Cc1nn(C)cc1CN1CCN(c2ccccn2)CC1. The van der Waals surface area contributed by atoms with Crippen LogP contribution in [0.25, 0.3) is 0 Å². The standard InChI is InChI=1S/C15H21N5/c1-13-14(11-18(2)17-13)12-19-7-9-20(10-8-19)15-5-3-4-6-16-15/h3-6,11H,7-10,12H2,1-2H3. The van der Waals surface area contributed by atoms with Gasteiger partial charge < -0.3 is 4.90 Å². The van der Waals surface area contributed by atoms with E-state index >= 15 is 0 Å². The van der Waals surface area contributed by atoms with Crippen LogP contribution in [0.2, 0.25) is 0 Å². The minimum Gasteiger partial charge on any atom is -0.354 e. The first kappa shape index (κ1) is 13.1. The zero-order valence-corrected chi connectivity index (χ0v) is 12.2. The molecule has 0 N–H and O–H groups in total. The number of rotatable bonds is 3. The van der Waals surface area contributed by atoms with E-state index < -0.39 is 0 Å². The number of hydrogen-bond acceptors (Lipinski definition) is 4. The van der Waals surface area contributed by atoms with Crippen molar-refractivity contribution in [2.24, 2.45) is 7.05 Å². The van der Waals surface area contributed by atoms with Gasteiger partial charge in [-0.15, -0.1) is 0 Å². The fourth-order valence-electron chi connectivity index (χ4n) is 2.72. The van der Waals surface area contributed by atoms with Crippen LogP contribution in [0, 0.1) is 6.92 Å². The van der Waals surface area contributed by atoms with Gasteiger partial charge in [0.05, 0.1) is 5.69 Å². The van der Waals surface area contributed by atoms with Crippen LogP contribution in [-0.2, 0) is 13.6 Å². The number of piperazine rings is 1. The molecular formula is C15H21N5. The summed E-state index contributed by atoms with van der Waals surface area (Å²) in [6.45, 7) is 7.30. The Morgan fingerprint density at radius 1 is 1.15 bits per heavy atom. The molecule has 106 valence electrons. The molecule has 0 amide bonds. The van der Waals surface area contributed by atoms with Crippen LogP contribution in [0.4, 0.5) is 5.82 Å². The van der Waals surface area contributed by atoms with Crippen molar-refractivity contribution in [3.05, 3.63) is 41.9 Å². The minimum atomic E-state index is 0.996. The Kier molecular flexibility index (Phi) is 3.69. The van der Waals surface area contributed by atoms with E-state index in [1.807, 2.05) is 30.1 Å². The summed E-state index contributed by atoms with van der Waals surface area (Å²) in [5.41, 5.74) is 2.47. The number of hydrogen-bond donors (Lipinski definition) is 0. The van der Waals surface area contributed by atoms with Crippen LogP contribution < -0.4 is 4.90 Å². The van der Waals surface area contributed by atoms with Crippen molar-refractivity contribution < 1.29 is 0 Å². The normalized spacial score (nSPS) is 16.6. The van der Waals surface area contributed by atoms with Gasteiger partial charge in [-0.1, -0.05) is 6.07 Å². The maximum absolute atomic E-state index is 4.42. The summed E-state index contributed by atoms with van der Waals surface area (Å²) >= 11 is 0. The predicted octanol–water partition coefficient (Wildman–Crippen LogP) is 1.45. The van der Waals surface area contributed by atoms with Crippen molar-refractivity contribution in [1.82, 2.24) is 19.7 Å². The molecule has 0 spiro atoms. The molecule has 0 unspecified atom stereocenters. The monoisotopic (exact) mass is 271 g/mol. The number of nitrogens with zero attached hydrogens (tertiary/aromatic N) is 5. The molecule has 0 bridgehead atoms. The van der Waals surface area contributed by atoms with E-state index in [-0.39, 0.29) is 0 Å². The van der Waals surface area contributed by atoms with E-state index in [2.05, 4.69) is 39.1 Å². The van der Waals surface area contributed by atoms with E-state index in [4.69, 9.17) is 0 Å². The van der Waals surface area contributed by atoms with Gasteiger partial charge in [0.1, 0.15) is 5.82 Å². The van der Waals surface area contributed by atoms with Crippen molar-refractivity contribution in [3.8, 4) is 0 Å². The van der Waals surface area contributed by atoms with Crippen molar-refractivity contribution in [3.63, 3.8) is 0 Å². The average Bonchev–Trinajstić information content (AvgIpc) is 2.79. The van der Waals surface area contributed by atoms with Gasteiger partial charge in [-0.05, 0) is 19.1 Å². The van der Waals surface area contributed by atoms with Crippen LogP contribution in [0.3, 0.4) is 0 Å². The van der Waals surface area contributed by atoms with Gasteiger partial charge in [0.2, 0.25) is 0 Å². The molecule has 0 atom stereocenters. The lowest BCUT2D eigenvalue weighted by atomic mass is 10.2. The van der Waals surface area contributed by atoms with Crippen molar-refractivity contribution in [1.29, 1.82) is 0 Å². The zero-order valence-electron chi connectivity index (χ0n) is 12.2. The van der Waals surface area contributed by atoms with Gasteiger partial charge >= 0.3 is 0 Å². The number of anilines is 1. The number of aryl methyl sites for hydroxylation is 2. The molecule has 1 aliphatic rings. The van der Waals surface area contributed by atoms with Gasteiger partial charge in [-0.3, -0.25) is 9.58 Å². The fraction of sp³-hybridized carbons (Fsp3) is 0.467. The molecule has 5 heteroatoms. The Balaban J connectivity index is 1.58. The van der Waals surface area contributed by atoms with E-state index in [0.29, 0.717) is 0 Å². The fourth-order valence-corrected chi connectivity index (χ4v) is 2.72. The lowest BCUT2D eigenvalue weighted by Gasteiger charge is -2.35. The van der Waals surface area contributed by atoms with Gasteiger partial charge in [0.25, 0.3) is 0 Å². The first-order valence-corrected chi connectivity index (χ1v) is 7.10. The smallest absolute Gasteiger partial charge is 0.128 e. The Hall–Kier alpha value is -1.88. The van der Waals surface area contributed by atoms with E-state index in [0.717, 1.165) is 44.2 Å². The quantitative estimate of drug-likeness (QED) is 0.846. The summed E-state index contributed by atoms with van der Waals surface area (Å²) in [7, 11) is 1.98. The molecule has 1 fully saturated rings. The van der Waals surface area contributed by atoms with Crippen LogP contribution in [0.15, 0.2) is 30.6 Å². The highest BCUT2D eigenvalue weighted by molar-refractivity contribution is 5.38. The lowest BCUT2D eigenvalue weighted by Crippen LogP contribution is -2.46. The summed E-state index contributed by atoms with van der Waals surface area (Å²) in [5.74, 6) is 1.09. The third-order valence-corrected chi connectivity index (χ3v) is 3.85. The third kappa shape index (κ3) is 2.82. The predicted molar refractivity (Wildman–Crippen MR) is 79.7 cm³/mol. The first-order valence-electron chi connectivity index (χ1n) is 7.10. The molecule has 0 saturated carbocycles. The summed E-state index contributed by atoms with van der Waals surface area (Å²) in [6, 6.07) is 6.10. The summed E-state index contributed by atoms with van der Waals surface area (Å²) < 4.78 is 1.90. The Morgan fingerprint density at radius 3 is 2.55 bits per heavy atom. The molecular weight excluding hydrogens is 250 g/mol. The molecule has 2 aromatic rings. The highest BCUT2D eigenvalue weighted by atomic mass is 15.3. The van der Waals surface area contributed by atoms with Crippen LogP contribution in [0.1, 0.15) is 11.3 Å². The maximum atomic E-state index is 4.42. The Labute approximate surface area is 119 Å². The lowest BCUT2D eigenvalue weighted by molar-refractivity contribution is 0.249. The highest BCUT2D eigenvalue weighted by Crippen LogP contribution is 2.15. The molecule has 5 nitrogen and oxygen atoms in total. The second-order valence-electron chi connectivity index (χ2n) is 5.36. The summed E-state index contributed by atoms with van der Waals surface area (Å²) in [6.07, 6.45) is 3.99. The number of pyridine rings is 1. The molecule has 0 aliphatic carbocycles. The Morgan fingerprint density at radius 2 is 1.95 bits per heavy atom. The van der Waals surface area contributed by atoms with Crippen LogP contribution in [0.5, 0.6) is 0 Å². The highest BCUT2D eigenvalue weighted by Gasteiger charge is 2.18. The molecule has 20 heavy (non-hydrogen) atoms. The molecule has 3 heterocycles. The summed E-state index contributed by atoms with van der Waals surface area (Å²) in [4.78, 5) is 9.27. The first-order chi connectivity index (χ1) is 9.72. The maximum Gasteiger partial charge on any atom is 0.128 e. The molecule has 1 aliphatic heterocycles. The topological polar surface area (TPSA) is 37.2 Å². The Bertz CT molecular complexity index is 555. The molecule has 0 aromatic carbocycles.